The summed E-state index contributed by atoms with van der Waals surface area (Å²) in [5.41, 5.74) is 2.95. The molecule has 0 saturated heterocycles. The Labute approximate surface area is 134 Å². The Kier molecular flexibility index (Phi) is 4.44. The van der Waals surface area contributed by atoms with Gasteiger partial charge in [-0.2, -0.15) is 0 Å². The fourth-order valence-corrected chi connectivity index (χ4v) is 2.76. The lowest BCUT2D eigenvalue weighted by Gasteiger charge is -2.08. The van der Waals surface area contributed by atoms with Crippen molar-refractivity contribution in [2.24, 2.45) is 0 Å². The molecular weight excluding hydrogens is 290 g/mol. The number of benzene rings is 2. The minimum Gasteiger partial charge on any atom is -0.508 e. The summed E-state index contributed by atoms with van der Waals surface area (Å²) in [6, 6.07) is 15.3. The van der Waals surface area contributed by atoms with Gasteiger partial charge in [-0.3, -0.25) is 0 Å². The van der Waals surface area contributed by atoms with Crippen molar-refractivity contribution in [2.45, 2.75) is 19.9 Å². The molecule has 3 rings (SSSR count). The molecule has 0 amide bonds. The largest absolute Gasteiger partial charge is 0.508 e. The number of hydrogen-bond donors (Lipinski definition) is 2. The van der Waals surface area contributed by atoms with Crippen LogP contribution in [0.15, 0.2) is 57.7 Å². The number of quaternary nitrogens is 1. The molecule has 0 unspecified atom stereocenters. The highest BCUT2D eigenvalue weighted by molar-refractivity contribution is 5.84. The number of aromatic hydroxyl groups is 1. The van der Waals surface area contributed by atoms with Crippen LogP contribution < -0.4 is 10.9 Å². The molecule has 0 radical (unpaired) electrons. The zero-order chi connectivity index (χ0) is 16.2. The van der Waals surface area contributed by atoms with Gasteiger partial charge in [-0.25, -0.2) is 4.79 Å². The zero-order valence-corrected chi connectivity index (χ0v) is 13.1. The van der Waals surface area contributed by atoms with Crippen molar-refractivity contribution >= 4 is 11.0 Å². The average molecular weight is 310 g/mol. The monoisotopic (exact) mass is 310 g/mol. The molecule has 0 aliphatic carbocycles. The first-order valence-electron chi connectivity index (χ1n) is 7.76. The van der Waals surface area contributed by atoms with Crippen molar-refractivity contribution < 1.29 is 14.8 Å². The Morgan fingerprint density at radius 2 is 1.91 bits per heavy atom. The molecule has 0 bridgehead atoms. The summed E-state index contributed by atoms with van der Waals surface area (Å²) in [5.74, 6) is 0.144. The maximum atomic E-state index is 11.8. The second-order valence-electron chi connectivity index (χ2n) is 5.69. The summed E-state index contributed by atoms with van der Waals surface area (Å²) in [6.45, 7) is 3.41. The van der Waals surface area contributed by atoms with Crippen LogP contribution in [0, 0.1) is 6.92 Å². The number of nitrogens with two attached hydrogens (primary N) is 1. The first-order valence-corrected chi connectivity index (χ1v) is 7.76. The van der Waals surface area contributed by atoms with Gasteiger partial charge in [0, 0.05) is 29.0 Å². The first kappa shape index (κ1) is 15.3. The third-order valence-electron chi connectivity index (χ3n) is 4.06. The molecule has 0 fully saturated rings. The molecule has 118 valence electrons. The third-order valence-corrected chi connectivity index (χ3v) is 4.06. The van der Waals surface area contributed by atoms with Gasteiger partial charge in [0.15, 0.2) is 0 Å². The molecule has 3 N–H and O–H groups in total. The van der Waals surface area contributed by atoms with E-state index in [1.807, 2.05) is 18.2 Å². The molecule has 3 aromatic rings. The average Bonchev–Trinajstić information content (AvgIpc) is 2.56. The van der Waals surface area contributed by atoms with Crippen LogP contribution in [0.5, 0.6) is 5.75 Å². The van der Waals surface area contributed by atoms with Gasteiger partial charge >= 0.3 is 5.63 Å². The SMILES string of the molecule is Cc1c(O)ccc2c(C[NH2+]CCc3ccccc3)cc(=O)oc12. The Morgan fingerprint density at radius 1 is 1.13 bits per heavy atom. The minimum absolute atomic E-state index is 0.144. The predicted molar refractivity (Wildman–Crippen MR) is 89.5 cm³/mol. The molecular formula is C19H20NO3+. The zero-order valence-electron chi connectivity index (χ0n) is 13.1. The number of rotatable bonds is 5. The van der Waals surface area contributed by atoms with Crippen LogP contribution in [0.2, 0.25) is 0 Å². The summed E-state index contributed by atoms with van der Waals surface area (Å²) in [4.78, 5) is 11.8. The van der Waals surface area contributed by atoms with E-state index in [2.05, 4.69) is 17.4 Å². The normalized spacial score (nSPS) is 11.0. The van der Waals surface area contributed by atoms with Gasteiger partial charge < -0.3 is 14.8 Å². The van der Waals surface area contributed by atoms with Gasteiger partial charge in [-0.05, 0) is 24.6 Å². The van der Waals surface area contributed by atoms with E-state index in [4.69, 9.17) is 4.42 Å². The number of phenols is 1. The Balaban J connectivity index is 1.75. The molecule has 0 saturated carbocycles. The van der Waals surface area contributed by atoms with Crippen LogP contribution in [-0.2, 0) is 13.0 Å². The van der Waals surface area contributed by atoms with Crippen LogP contribution in [0.3, 0.4) is 0 Å². The number of hydrogen-bond acceptors (Lipinski definition) is 3. The van der Waals surface area contributed by atoms with E-state index in [1.54, 1.807) is 19.1 Å². The molecule has 2 aromatic carbocycles. The number of fused-ring (bicyclic) bond motifs is 1. The second kappa shape index (κ2) is 6.67. The molecule has 1 aromatic heterocycles. The lowest BCUT2D eigenvalue weighted by atomic mass is 10.1. The molecule has 4 heteroatoms. The van der Waals surface area contributed by atoms with Crippen molar-refractivity contribution in [3.05, 3.63) is 75.6 Å². The van der Waals surface area contributed by atoms with E-state index in [9.17, 15) is 9.90 Å². The standard InChI is InChI=1S/C19H19NO3/c1-13-17(21)8-7-16-15(11-18(22)23-19(13)16)12-20-10-9-14-5-3-2-4-6-14/h2-8,11,20-21H,9-10,12H2,1H3/p+1. The van der Waals surface area contributed by atoms with Crippen LogP contribution in [-0.4, -0.2) is 11.7 Å². The van der Waals surface area contributed by atoms with Crippen LogP contribution in [0.1, 0.15) is 16.7 Å². The highest BCUT2D eigenvalue weighted by Crippen LogP contribution is 2.26. The maximum absolute atomic E-state index is 11.8. The minimum atomic E-state index is -0.377. The van der Waals surface area contributed by atoms with Gasteiger partial charge in [0.1, 0.15) is 17.9 Å². The summed E-state index contributed by atoms with van der Waals surface area (Å²) >= 11 is 0. The van der Waals surface area contributed by atoms with Gasteiger partial charge in [0.25, 0.3) is 0 Å². The topological polar surface area (TPSA) is 67.1 Å². The molecule has 0 spiro atoms. The fraction of sp³-hybridized carbons (Fsp3) is 0.211. The smallest absolute Gasteiger partial charge is 0.336 e. The van der Waals surface area contributed by atoms with E-state index in [0.29, 0.717) is 17.7 Å². The van der Waals surface area contributed by atoms with E-state index < -0.39 is 0 Å². The highest BCUT2D eigenvalue weighted by atomic mass is 16.4. The number of phenolic OH excluding ortho intramolecular Hbond substituents is 1. The van der Waals surface area contributed by atoms with Crippen molar-refractivity contribution in [3.8, 4) is 5.75 Å². The summed E-state index contributed by atoms with van der Waals surface area (Å²) < 4.78 is 5.26. The van der Waals surface area contributed by atoms with Gasteiger partial charge in [-0.15, -0.1) is 0 Å². The molecule has 1 heterocycles. The highest BCUT2D eigenvalue weighted by Gasteiger charge is 2.11. The maximum Gasteiger partial charge on any atom is 0.336 e. The van der Waals surface area contributed by atoms with Gasteiger partial charge in [0.2, 0.25) is 0 Å². The lowest BCUT2D eigenvalue weighted by molar-refractivity contribution is -0.670. The van der Waals surface area contributed by atoms with Crippen LogP contribution >= 0.6 is 0 Å². The lowest BCUT2D eigenvalue weighted by Crippen LogP contribution is -2.83. The molecule has 0 atom stereocenters. The van der Waals surface area contributed by atoms with Crippen LogP contribution in [0.25, 0.3) is 11.0 Å². The molecule has 23 heavy (non-hydrogen) atoms. The van der Waals surface area contributed by atoms with E-state index in [1.165, 1.54) is 11.6 Å². The van der Waals surface area contributed by atoms with Crippen molar-refractivity contribution in [2.75, 3.05) is 6.54 Å². The fourth-order valence-electron chi connectivity index (χ4n) is 2.76. The van der Waals surface area contributed by atoms with Crippen molar-refractivity contribution in [1.82, 2.24) is 0 Å². The van der Waals surface area contributed by atoms with E-state index in [0.717, 1.165) is 23.9 Å². The molecule has 0 aliphatic heterocycles. The van der Waals surface area contributed by atoms with Crippen molar-refractivity contribution in [3.63, 3.8) is 0 Å². The van der Waals surface area contributed by atoms with E-state index in [-0.39, 0.29) is 11.4 Å². The summed E-state index contributed by atoms with van der Waals surface area (Å²) in [5, 5.41) is 12.8. The van der Waals surface area contributed by atoms with Gasteiger partial charge in [-0.1, -0.05) is 30.3 Å². The van der Waals surface area contributed by atoms with Gasteiger partial charge in [0.05, 0.1) is 6.54 Å². The first-order chi connectivity index (χ1) is 11.1. The Bertz CT molecular complexity index is 869. The van der Waals surface area contributed by atoms with Crippen LogP contribution in [0.4, 0.5) is 0 Å². The quantitative estimate of drug-likeness (QED) is 0.560. The Morgan fingerprint density at radius 3 is 2.70 bits per heavy atom. The predicted octanol–water partition coefficient (Wildman–Crippen LogP) is 2.11. The number of aryl methyl sites for hydroxylation is 1. The molecule has 4 nitrogen and oxygen atoms in total. The summed E-state index contributed by atoms with van der Waals surface area (Å²) in [6.07, 6.45) is 0.986. The second-order valence-corrected chi connectivity index (χ2v) is 5.69. The summed E-state index contributed by atoms with van der Waals surface area (Å²) in [7, 11) is 0. The van der Waals surface area contributed by atoms with E-state index >= 15 is 0 Å². The Hall–Kier alpha value is -2.59. The molecule has 0 aliphatic rings. The van der Waals surface area contributed by atoms with Crippen molar-refractivity contribution in [1.29, 1.82) is 0 Å². The third kappa shape index (κ3) is 3.43.